The van der Waals surface area contributed by atoms with Gasteiger partial charge in [0.2, 0.25) is 5.91 Å². The molecule has 100 valence electrons. The fraction of sp³-hybridized carbons (Fsp3) is 0.571. The number of hydrogen-bond acceptors (Lipinski definition) is 3. The molecule has 0 saturated carbocycles. The number of hydrogen-bond donors (Lipinski definition) is 2. The van der Waals surface area contributed by atoms with Gasteiger partial charge in [0.1, 0.15) is 5.82 Å². The summed E-state index contributed by atoms with van der Waals surface area (Å²) in [6.07, 6.45) is 3.13. The summed E-state index contributed by atoms with van der Waals surface area (Å²) in [5.74, 6) is 0.846. The molecule has 0 fully saturated rings. The Morgan fingerprint density at radius 3 is 2.61 bits per heavy atom. The van der Waals surface area contributed by atoms with Crippen LogP contribution in [0.1, 0.15) is 40.5 Å². The SMILES string of the molecule is CC(CC(=O)Nc1ccc(N)nc1)CC(C)(C)C. The van der Waals surface area contributed by atoms with Crippen LogP contribution in [0.25, 0.3) is 0 Å². The van der Waals surface area contributed by atoms with Crippen molar-refractivity contribution in [2.24, 2.45) is 11.3 Å². The number of amides is 1. The maximum atomic E-state index is 11.8. The maximum absolute atomic E-state index is 11.8. The summed E-state index contributed by atoms with van der Waals surface area (Å²) in [7, 11) is 0. The zero-order chi connectivity index (χ0) is 13.8. The normalized spacial score (nSPS) is 13.1. The summed E-state index contributed by atoms with van der Waals surface area (Å²) in [5, 5.41) is 2.83. The molecule has 4 heteroatoms. The van der Waals surface area contributed by atoms with Gasteiger partial charge >= 0.3 is 0 Å². The van der Waals surface area contributed by atoms with E-state index in [1.165, 1.54) is 0 Å². The summed E-state index contributed by atoms with van der Waals surface area (Å²) in [4.78, 5) is 15.8. The van der Waals surface area contributed by atoms with Crippen molar-refractivity contribution in [1.82, 2.24) is 4.98 Å². The molecule has 0 aliphatic carbocycles. The number of anilines is 2. The topological polar surface area (TPSA) is 68.0 Å². The van der Waals surface area contributed by atoms with E-state index in [0.29, 0.717) is 23.8 Å². The third-order valence-corrected chi connectivity index (χ3v) is 2.56. The van der Waals surface area contributed by atoms with Crippen LogP contribution >= 0.6 is 0 Å². The quantitative estimate of drug-likeness (QED) is 0.861. The monoisotopic (exact) mass is 249 g/mol. The van der Waals surface area contributed by atoms with Crippen LogP contribution in [-0.4, -0.2) is 10.9 Å². The van der Waals surface area contributed by atoms with E-state index in [2.05, 4.69) is 38.0 Å². The third-order valence-electron chi connectivity index (χ3n) is 2.56. The molecule has 0 spiro atoms. The van der Waals surface area contributed by atoms with Crippen molar-refractivity contribution in [3.8, 4) is 0 Å². The van der Waals surface area contributed by atoms with E-state index in [1.807, 2.05) is 0 Å². The number of aromatic nitrogens is 1. The molecule has 1 atom stereocenters. The van der Waals surface area contributed by atoms with Crippen molar-refractivity contribution >= 4 is 17.4 Å². The number of nitrogens with one attached hydrogen (secondary N) is 1. The highest BCUT2D eigenvalue weighted by Gasteiger charge is 2.17. The number of pyridine rings is 1. The fourth-order valence-corrected chi connectivity index (χ4v) is 2.13. The summed E-state index contributed by atoms with van der Waals surface area (Å²) in [6.45, 7) is 8.66. The predicted octanol–water partition coefficient (Wildman–Crippen LogP) is 3.06. The lowest BCUT2D eigenvalue weighted by molar-refractivity contribution is -0.117. The first-order valence-corrected chi connectivity index (χ1v) is 6.27. The highest BCUT2D eigenvalue weighted by atomic mass is 16.1. The fourth-order valence-electron chi connectivity index (χ4n) is 2.13. The van der Waals surface area contributed by atoms with E-state index in [1.54, 1.807) is 18.3 Å². The van der Waals surface area contributed by atoms with Gasteiger partial charge in [-0.1, -0.05) is 27.7 Å². The second-order valence-corrected chi connectivity index (χ2v) is 6.09. The van der Waals surface area contributed by atoms with E-state index in [0.717, 1.165) is 6.42 Å². The van der Waals surface area contributed by atoms with Crippen LogP contribution in [0.2, 0.25) is 0 Å². The molecule has 0 aliphatic rings. The zero-order valence-corrected chi connectivity index (χ0v) is 11.7. The van der Waals surface area contributed by atoms with Gasteiger partial charge < -0.3 is 11.1 Å². The minimum atomic E-state index is 0.0262. The molecule has 1 aromatic rings. The van der Waals surface area contributed by atoms with Crippen LogP contribution in [0.3, 0.4) is 0 Å². The Morgan fingerprint density at radius 1 is 1.44 bits per heavy atom. The van der Waals surface area contributed by atoms with Gasteiger partial charge in [-0.25, -0.2) is 4.98 Å². The number of rotatable bonds is 4. The standard InChI is InChI=1S/C14H23N3O/c1-10(8-14(2,3)4)7-13(18)17-11-5-6-12(15)16-9-11/h5-6,9-10H,7-8H2,1-4H3,(H2,15,16)(H,17,18). The van der Waals surface area contributed by atoms with Crippen molar-refractivity contribution in [2.45, 2.75) is 40.5 Å². The van der Waals surface area contributed by atoms with E-state index >= 15 is 0 Å². The van der Waals surface area contributed by atoms with Crippen molar-refractivity contribution in [3.63, 3.8) is 0 Å². The lowest BCUT2D eigenvalue weighted by Gasteiger charge is -2.22. The third kappa shape index (κ3) is 5.66. The average Bonchev–Trinajstić information content (AvgIpc) is 2.18. The molecule has 1 heterocycles. The highest BCUT2D eigenvalue weighted by molar-refractivity contribution is 5.90. The Hall–Kier alpha value is -1.58. The van der Waals surface area contributed by atoms with Crippen molar-refractivity contribution in [1.29, 1.82) is 0 Å². The molecule has 1 amide bonds. The number of carbonyl (C=O) groups is 1. The van der Waals surface area contributed by atoms with E-state index in [9.17, 15) is 4.79 Å². The van der Waals surface area contributed by atoms with Gasteiger partial charge in [0.05, 0.1) is 11.9 Å². The Morgan fingerprint density at radius 2 is 2.11 bits per heavy atom. The zero-order valence-electron chi connectivity index (χ0n) is 11.7. The lowest BCUT2D eigenvalue weighted by atomic mass is 9.84. The van der Waals surface area contributed by atoms with Crippen LogP contribution in [-0.2, 0) is 4.79 Å². The number of nitrogens with two attached hydrogens (primary N) is 1. The van der Waals surface area contributed by atoms with Crippen LogP contribution in [0.5, 0.6) is 0 Å². The average molecular weight is 249 g/mol. The van der Waals surface area contributed by atoms with Crippen molar-refractivity contribution < 1.29 is 4.79 Å². The molecular formula is C14H23N3O. The molecule has 1 unspecified atom stereocenters. The largest absolute Gasteiger partial charge is 0.384 e. The molecule has 0 saturated heterocycles. The maximum Gasteiger partial charge on any atom is 0.224 e. The molecular weight excluding hydrogens is 226 g/mol. The first-order valence-electron chi connectivity index (χ1n) is 6.27. The highest BCUT2D eigenvalue weighted by Crippen LogP contribution is 2.26. The molecule has 0 bridgehead atoms. The summed E-state index contributed by atoms with van der Waals surface area (Å²) in [5.41, 5.74) is 6.43. The van der Waals surface area contributed by atoms with Crippen LogP contribution in [0.4, 0.5) is 11.5 Å². The Bertz CT molecular complexity index is 392. The van der Waals surface area contributed by atoms with E-state index < -0.39 is 0 Å². The Kier molecular flexibility index (Phi) is 4.70. The molecule has 0 aromatic carbocycles. The van der Waals surface area contributed by atoms with E-state index in [-0.39, 0.29) is 11.3 Å². The summed E-state index contributed by atoms with van der Waals surface area (Å²) < 4.78 is 0. The lowest BCUT2D eigenvalue weighted by Crippen LogP contribution is -2.19. The van der Waals surface area contributed by atoms with Gasteiger partial charge in [0, 0.05) is 6.42 Å². The second-order valence-electron chi connectivity index (χ2n) is 6.09. The molecule has 0 aliphatic heterocycles. The molecule has 1 aromatic heterocycles. The molecule has 1 rings (SSSR count). The van der Waals surface area contributed by atoms with Gasteiger partial charge in [0.25, 0.3) is 0 Å². The van der Waals surface area contributed by atoms with Crippen LogP contribution in [0.15, 0.2) is 18.3 Å². The predicted molar refractivity (Wildman–Crippen MR) is 75.1 cm³/mol. The van der Waals surface area contributed by atoms with Gasteiger partial charge in [-0.15, -0.1) is 0 Å². The minimum Gasteiger partial charge on any atom is -0.384 e. The number of nitrogen functional groups attached to an aromatic ring is 1. The first-order chi connectivity index (χ1) is 8.26. The van der Waals surface area contributed by atoms with Gasteiger partial charge in [0.15, 0.2) is 0 Å². The smallest absolute Gasteiger partial charge is 0.224 e. The van der Waals surface area contributed by atoms with Gasteiger partial charge in [-0.3, -0.25) is 4.79 Å². The molecule has 18 heavy (non-hydrogen) atoms. The number of carbonyl (C=O) groups excluding carboxylic acids is 1. The minimum absolute atomic E-state index is 0.0262. The summed E-state index contributed by atoms with van der Waals surface area (Å²) in [6, 6.07) is 3.43. The van der Waals surface area contributed by atoms with Crippen LogP contribution < -0.4 is 11.1 Å². The molecule has 0 radical (unpaired) electrons. The van der Waals surface area contributed by atoms with Crippen LogP contribution in [0, 0.1) is 11.3 Å². The molecule has 4 nitrogen and oxygen atoms in total. The second kappa shape index (κ2) is 5.85. The Labute approximate surface area is 109 Å². The summed E-state index contributed by atoms with van der Waals surface area (Å²) >= 11 is 0. The van der Waals surface area contributed by atoms with Crippen molar-refractivity contribution in [3.05, 3.63) is 18.3 Å². The van der Waals surface area contributed by atoms with E-state index in [4.69, 9.17) is 5.73 Å². The number of nitrogens with zero attached hydrogens (tertiary/aromatic N) is 1. The van der Waals surface area contributed by atoms with Gasteiger partial charge in [-0.05, 0) is 29.9 Å². The molecule has 3 N–H and O–H groups in total. The van der Waals surface area contributed by atoms with Gasteiger partial charge in [-0.2, -0.15) is 0 Å². The Balaban J connectivity index is 2.44. The first kappa shape index (κ1) is 14.5. The van der Waals surface area contributed by atoms with Crippen molar-refractivity contribution in [2.75, 3.05) is 11.1 Å².